The molecule has 98 valence electrons. The van der Waals surface area contributed by atoms with Gasteiger partial charge in [-0.25, -0.2) is 0 Å². The zero-order valence-corrected chi connectivity index (χ0v) is 10.9. The van der Waals surface area contributed by atoms with Crippen LogP contribution in [0.15, 0.2) is 18.2 Å². The highest BCUT2D eigenvalue weighted by molar-refractivity contribution is 5.92. The van der Waals surface area contributed by atoms with Gasteiger partial charge in [0.25, 0.3) is 0 Å². The molecule has 1 aromatic rings. The number of aliphatic hydroxyl groups excluding tert-OH is 1. The van der Waals surface area contributed by atoms with Crippen LogP contribution in [0.4, 0.5) is 5.69 Å². The van der Waals surface area contributed by atoms with Crippen LogP contribution < -0.4 is 5.32 Å². The summed E-state index contributed by atoms with van der Waals surface area (Å²) < 4.78 is 0. The van der Waals surface area contributed by atoms with Gasteiger partial charge in [0.05, 0.1) is 12.6 Å². The Bertz CT molecular complexity index is 425. The van der Waals surface area contributed by atoms with E-state index in [0.29, 0.717) is 13.1 Å². The first-order valence-electron chi connectivity index (χ1n) is 6.31. The third kappa shape index (κ3) is 3.55. The molecule has 1 heterocycles. The van der Waals surface area contributed by atoms with Crippen molar-refractivity contribution < 1.29 is 9.90 Å². The molecule has 0 aromatic heterocycles. The number of amides is 1. The summed E-state index contributed by atoms with van der Waals surface area (Å²) in [4.78, 5) is 13.8. The third-order valence-electron chi connectivity index (χ3n) is 3.12. The number of hydrogen-bond acceptors (Lipinski definition) is 3. The molecule has 4 nitrogen and oxygen atoms in total. The van der Waals surface area contributed by atoms with Gasteiger partial charge in [-0.15, -0.1) is 0 Å². The minimum Gasteiger partial charge on any atom is -0.392 e. The van der Waals surface area contributed by atoms with Crippen LogP contribution in [0.2, 0.25) is 0 Å². The molecule has 0 saturated carbocycles. The average Bonchev–Trinajstić information content (AvgIpc) is 2.61. The van der Waals surface area contributed by atoms with Gasteiger partial charge in [-0.05, 0) is 43.5 Å². The largest absolute Gasteiger partial charge is 0.392 e. The molecule has 1 amide bonds. The molecular formula is C14H20N2O2. The van der Waals surface area contributed by atoms with Gasteiger partial charge < -0.3 is 10.4 Å². The number of likely N-dealkylation sites (tertiary alicyclic amines) is 1. The number of β-amino-alcohol motifs (C(OH)–C–C–N with tert-alkyl or cyclic N) is 1. The van der Waals surface area contributed by atoms with Crippen LogP contribution in [0.5, 0.6) is 0 Å². The van der Waals surface area contributed by atoms with Crippen LogP contribution in [0, 0.1) is 13.8 Å². The third-order valence-corrected chi connectivity index (χ3v) is 3.12. The van der Waals surface area contributed by atoms with Crippen LogP contribution >= 0.6 is 0 Å². The number of nitrogens with zero attached hydrogens (tertiary/aromatic N) is 1. The van der Waals surface area contributed by atoms with E-state index in [1.165, 1.54) is 0 Å². The second-order valence-corrected chi connectivity index (χ2v) is 5.10. The van der Waals surface area contributed by atoms with Gasteiger partial charge >= 0.3 is 0 Å². The monoisotopic (exact) mass is 248 g/mol. The summed E-state index contributed by atoms with van der Waals surface area (Å²) in [6, 6.07) is 6.00. The molecule has 1 aliphatic heterocycles. The number of aryl methyl sites for hydroxylation is 2. The molecule has 1 aromatic carbocycles. The van der Waals surface area contributed by atoms with Gasteiger partial charge in [-0.1, -0.05) is 6.07 Å². The lowest BCUT2D eigenvalue weighted by molar-refractivity contribution is -0.117. The predicted octanol–water partition coefficient (Wildman–Crippen LogP) is 1.31. The van der Waals surface area contributed by atoms with Gasteiger partial charge in [0.15, 0.2) is 0 Å². The van der Waals surface area contributed by atoms with E-state index in [-0.39, 0.29) is 12.0 Å². The maximum atomic E-state index is 11.9. The lowest BCUT2D eigenvalue weighted by atomic mass is 10.1. The van der Waals surface area contributed by atoms with Crippen LogP contribution in [-0.2, 0) is 4.79 Å². The fraction of sp³-hybridized carbons (Fsp3) is 0.500. The smallest absolute Gasteiger partial charge is 0.238 e. The summed E-state index contributed by atoms with van der Waals surface area (Å²) in [6.45, 7) is 5.77. The minimum atomic E-state index is -0.279. The van der Waals surface area contributed by atoms with Gasteiger partial charge in [-0.3, -0.25) is 9.69 Å². The highest BCUT2D eigenvalue weighted by atomic mass is 16.3. The first-order valence-corrected chi connectivity index (χ1v) is 6.31. The normalized spacial score (nSPS) is 20.1. The van der Waals surface area contributed by atoms with Crippen molar-refractivity contribution in [3.63, 3.8) is 0 Å². The number of anilines is 1. The van der Waals surface area contributed by atoms with Crippen LogP contribution in [0.1, 0.15) is 17.5 Å². The zero-order chi connectivity index (χ0) is 13.1. The van der Waals surface area contributed by atoms with E-state index in [4.69, 9.17) is 0 Å². The highest BCUT2D eigenvalue weighted by Crippen LogP contribution is 2.14. The molecule has 18 heavy (non-hydrogen) atoms. The van der Waals surface area contributed by atoms with E-state index < -0.39 is 0 Å². The maximum Gasteiger partial charge on any atom is 0.238 e. The molecular weight excluding hydrogens is 228 g/mol. The Labute approximate surface area is 108 Å². The van der Waals surface area contributed by atoms with Gasteiger partial charge in [0.1, 0.15) is 0 Å². The summed E-state index contributed by atoms with van der Waals surface area (Å²) in [5.41, 5.74) is 3.13. The summed E-state index contributed by atoms with van der Waals surface area (Å²) in [5.74, 6) is -0.0194. The highest BCUT2D eigenvalue weighted by Gasteiger charge is 2.21. The van der Waals surface area contributed by atoms with E-state index in [1.807, 2.05) is 30.9 Å². The Balaban J connectivity index is 1.90. The SMILES string of the molecule is Cc1cc(C)cc(NC(=O)CN2CC[C@H](O)C2)c1. The molecule has 1 atom stereocenters. The zero-order valence-electron chi connectivity index (χ0n) is 10.9. The first-order chi connectivity index (χ1) is 8.52. The number of aliphatic hydroxyl groups is 1. The molecule has 1 fully saturated rings. The number of carbonyl (C=O) groups excluding carboxylic acids is 1. The van der Waals surface area contributed by atoms with Crippen molar-refractivity contribution >= 4 is 11.6 Å². The Kier molecular flexibility index (Phi) is 3.99. The van der Waals surface area contributed by atoms with E-state index >= 15 is 0 Å². The quantitative estimate of drug-likeness (QED) is 0.848. The Morgan fingerprint density at radius 2 is 2.06 bits per heavy atom. The van der Waals surface area contributed by atoms with Crippen molar-refractivity contribution in [2.24, 2.45) is 0 Å². The summed E-state index contributed by atoms with van der Waals surface area (Å²) in [5, 5.41) is 12.3. The summed E-state index contributed by atoms with van der Waals surface area (Å²) in [6.07, 6.45) is 0.482. The fourth-order valence-corrected chi connectivity index (χ4v) is 2.41. The average molecular weight is 248 g/mol. The van der Waals surface area contributed by atoms with E-state index in [9.17, 15) is 9.90 Å². The lowest BCUT2D eigenvalue weighted by Crippen LogP contribution is -2.32. The molecule has 0 aliphatic carbocycles. The topological polar surface area (TPSA) is 52.6 Å². The Hall–Kier alpha value is -1.39. The number of hydrogen-bond donors (Lipinski definition) is 2. The molecule has 4 heteroatoms. The molecule has 0 radical (unpaired) electrons. The minimum absolute atomic E-state index is 0.0194. The Morgan fingerprint density at radius 1 is 1.39 bits per heavy atom. The van der Waals surface area contributed by atoms with Gasteiger partial charge in [-0.2, -0.15) is 0 Å². The number of carbonyl (C=O) groups is 1. The van der Waals surface area contributed by atoms with Gasteiger partial charge in [0, 0.05) is 18.8 Å². The van der Waals surface area contributed by atoms with Crippen molar-refractivity contribution in [2.45, 2.75) is 26.4 Å². The molecule has 1 aliphatic rings. The summed E-state index contributed by atoms with van der Waals surface area (Å²) >= 11 is 0. The standard InChI is InChI=1S/C14H20N2O2/c1-10-5-11(2)7-12(6-10)15-14(18)9-16-4-3-13(17)8-16/h5-7,13,17H,3-4,8-9H2,1-2H3,(H,15,18)/t13-/m0/s1. The van der Waals surface area contributed by atoms with Gasteiger partial charge in [0.2, 0.25) is 5.91 Å². The first kappa shape index (κ1) is 13.1. The van der Waals surface area contributed by atoms with Crippen LogP contribution in [-0.4, -0.2) is 41.7 Å². The van der Waals surface area contributed by atoms with E-state index in [1.54, 1.807) is 0 Å². The van der Waals surface area contributed by atoms with E-state index in [0.717, 1.165) is 29.8 Å². The maximum absolute atomic E-state index is 11.9. The molecule has 0 unspecified atom stereocenters. The number of benzene rings is 1. The lowest BCUT2D eigenvalue weighted by Gasteiger charge is -2.14. The van der Waals surface area contributed by atoms with Crippen LogP contribution in [0.25, 0.3) is 0 Å². The Morgan fingerprint density at radius 3 is 2.61 bits per heavy atom. The molecule has 2 N–H and O–H groups in total. The molecule has 0 spiro atoms. The summed E-state index contributed by atoms with van der Waals surface area (Å²) in [7, 11) is 0. The number of nitrogens with one attached hydrogen (secondary N) is 1. The predicted molar refractivity (Wildman–Crippen MR) is 71.6 cm³/mol. The van der Waals surface area contributed by atoms with Crippen molar-refractivity contribution in [3.05, 3.63) is 29.3 Å². The fourth-order valence-electron chi connectivity index (χ4n) is 2.41. The number of rotatable bonds is 3. The van der Waals surface area contributed by atoms with Crippen molar-refractivity contribution in [3.8, 4) is 0 Å². The van der Waals surface area contributed by atoms with Crippen molar-refractivity contribution in [1.29, 1.82) is 0 Å². The molecule has 2 rings (SSSR count). The second-order valence-electron chi connectivity index (χ2n) is 5.10. The van der Waals surface area contributed by atoms with Crippen LogP contribution in [0.3, 0.4) is 0 Å². The van der Waals surface area contributed by atoms with Crippen molar-refractivity contribution in [1.82, 2.24) is 4.90 Å². The van der Waals surface area contributed by atoms with Crippen molar-refractivity contribution in [2.75, 3.05) is 25.0 Å². The van der Waals surface area contributed by atoms with E-state index in [2.05, 4.69) is 11.4 Å². The second kappa shape index (κ2) is 5.50. The molecule has 1 saturated heterocycles. The molecule has 0 bridgehead atoms.